The lowest BCUT2D eigenvalue weighted by Crippen LogP contribution is -1.99. The van der Waals surface area contributed by atoms with Crippen LogP contribution in [0, 0.1) is 0 Å². The van der Waals surface area contributed by atoms with Crippen LogP contribution in [0.15, 0.2) is 60.0 Å². The lowest BCUT2D eigenvalue weighted by molar-refractivity contribution is 1.28. The van der Waals surface area contributed by atoms with Crippen LogP contribution in [0.1, 0.15) is 12.5 Å². The second kappa shape index (κ2) is 5.07. The highest BCUT2D eigenvalue weighted by molar-refractivity contribution is 5.98. The first-order valence-electron chi connectivity index (χ1n) is 5.12. The number of pyridine rings is 1. The number of benzene rings is 1. The molecule has 0 unspecified atom stereocenters. The molecular formula is C13H13N3. The van der Waals surface area contributed by atoms with Crippen LogP contribution in [0.4, 0.5) is 5.69 Å². The molecule has 0 aliphatic carbocycles. The van der Waals surface area contributed by atoms with E-state index in [1.165, 1.54) is 0 Å². The highest BCUT2D eigenvalue weighted by Gasteiger charge is 1.95. The van der Waals surface area contributed by atoms with Gasteiger partial charge in [-0.05, 0) is 25.1 Å². The molecular weight excluding hydrogens is 198 g/mol. The average molecular weight is 211 g/mol. The largest absolute Gasteiger partial charge is 0.278 e. The highest BCUT2D eigenvalue weighted by Crippen LogP contribution is 2.06. The van der Waals surface area contributed by atoms with Gasteiger partial charge in [0.2, 0.25) is 0 Å². The Labute approximate surface area is 94.9 Å². The summed E-state index contributed by atoms with van der Waals surface area (Å²) < 4.78 is 0. The molecule has 3 heteroatoms. The molecule has 1 heterocycles. The fraction of sp³-hybridized carbons (Fsp3) is 0.0769. The average Bonchev–Trinajstić information content (AvgIpc) is 2.38. The van der Waals surface area contributed by atoms with Crippen molar-refractivity contribution in [3.05, 3.63) is 60.4 Å². The van der Waals surface area contributed by atoms with Gasteiger partial charge in [0.1, 0.15) is 0 Å². The van der Waals surface area contributed by atoms with Crippen LogP contribution >= 0.6 is 0 Å². The van der Waals surface area contributed by atoms with Crippen LogP contribution in [0.3, 0.4) is 0 Å². The Kier molecular flexibility index (Phi) is 3.28. The summed E-state index contributed by atoms with van der Waals surface area (Å²) in [5, 5.41) is 4.29. The van der Waals surface area contributed by atoms with E-state index in [1.54, 1.807) is 12.4 Å². The summed E-state index contributed by atoms with van der Waals surface area (Å²) in [7, 11) is 0. The summed E-state index contributed by atoms with van der Waals surface area (Å²) in [6, 6.07) is 13.7. The molecule has 2 rings (SSSR count). The molecule has 0 bridgehead atoms. The number of hydrogen-bond donors (Lipinski definition) is 1. The molecule has 0 saturated carbocycles. The van der Waals surface area contributed by atoms with Crippen LogP contribution in [0.5, 0.6) is 0 Å². The van der Waals surface area contributed by atoms with E-state index in [2.05, 4.69) is 15.5 Å². The molecule has 16 heavy (non-hydrogen) atoms. The van der Waals surface area contributed by atoms with Crippen molar-refractivity contribution >= 4 is 11.4 Å². The second-order valence-electron chi connectivity index (χ2n) is 3.42. The SMILES string of the molecule is C/C(=N\Nc1ccccc1)c1cccnc1. The summed E-state index contributed by atoms with van der Waals surface area (Å²) in [6.07, 6.45) is 3.55. The predicted molar refractivity (Wildman–Crippen MR) is 66.5 cm³/mol. The van der Waals surface area contributed by atoms with Crippen molar-refractivity contribution in [3.63, 3.8) is 0 Å². The number of rotatable bonds is 3. The van der Waals surface area contributed by atoms with Crippen molar-refractivity contribution in [3.8, 4) is 0 Å². The molecule has 0 aliphatic rings. The second-order valence-corrected chi connectivity index (χ2v) is 3.42. The first kappa shape index (κ1) is 10.4. The Morgan fingerprint density at radius 1 is 1.12 bits per heavy atom. The van der Waals surface area contributed by atoms with E-state index in [9.17, 15) is 0 Å². The zero-order valence-electron chi connectivity index (χ0n) is 9.09. The Morgan fingerprint density at radius 3 is 2.62 bits per heavy atom. The maximum absolute atomic E-state index is 4.29. The molecule has 0 atom stereocenters. The van der Waals surface area contributed by atoms with Gasteiger partial charge in [-0.3, -0.25) is 10.4 Å². The van der Waals surface area contributed by atoms with Crippen LogP contribution in [0.2, 0.25) is 0 Å². The van der Waals surface area contributed by atoms with Crippen molar-refractivity contribution in [2.24, 2.45) is 5.10 Å². The van der Waals surface area contributed by atoms with Crippen LogP contribution in [0.25, 0.3) is 0 Å². The Bertz CT molecular complexity index is 463. The molecule has 1 aromatic heterocycles. The molecule has 3 nitrogen and oxygen atoms in total. The third-order valence-electron chi connectivity index (χ3n) is 2.21. The van der Waals surface area contributed by atoms with Crippen molar-refractivity contribution in [1.82, 2.24) is 4.98 Å². The van der Waals surface area contributed by atoms with Crippen LogP contribution < -0.4 is 5.43 Å². The molecule has 0 amide bonds. The summed E-state index contributed by atoms with van der Waals surface area (Å²) >= 11 is 0. The van der Waals surface area contributed by atoms with E-state index in [0.29, 0.717) is 0 Å². The van der Waals surface area contributed by atoms with Gasteiger partial charge in [-0.15, -0.1) is 0 Å². The molecule has 0 saturated heterocycles. The zero-order valence-corrected chi connectivity index (χ0v) is 9.09. The normalized spacial score (nSPS) is 11.2. The van der Waals surface area contributed by atoms with Crippen molar-refractivity contribution in [2.45, 2.75) is 6.92 Å². The minimum absolute atomic E-state index is 0.914. The lowest BCUT2D eigenvalue weighted by Gasteiger charge is -2.02. The molecule has 1 aromatic carbocycles. The first-order valence-corrected chi connectivity index (χ1v) is 5.12. The number of para-hydroxylation sites is 1. The van der Waals surface area contributed by atoms with Gasteiger partial charge < -0.3 is 0 Å². The number of nitrogens with zero attached hydrogens (tertiary/aromatic N) is 2. The Hall–Kier alpha value is -2.16. The van der Waals surface area contributed by atoms with E-state index in [4.69, 9.17) is 0 Å². The molecule has 0 aliphatic heterocycles. The summed E-state index contributed by atoms with van der Waals surface area (Å²) in [5.41, 5.74) is 5.91. The maximum Gasteiger partial charge on any atom is 0.0663 e. The summed E-state index contributed by atoms with van der Waals surface area (Å²) in [4.78, 5) is 4.05. The van der Waals surface area contributed by atoms with Gasteiger partial charge in [0.15, 0.2) is 0 Å². The van der Waals surface area contributed by atoms with Crippen molar-refractivity contribution in [1.29, 1.82) is 0 Å². The van der Waals surface area contributed by atoms with Gasteiger partial charge in [-0.1, -0.05) is 24.3 Å². The zero-order chi connectivity index (χ0) is 11.2. The molecule has 80 valence electrons. The standard InChI is InChI=1S/C13H13N3/c1-11(12-6-5-9-14-10-12)15-16-13-7-3-2-4-8-13/h2-10,16H,1H3/b15-11+. The van der Waals surface area contributed by atoms with Gasteiger partial charge in [0, 0.05) is 18.0 Å². The summed E-state index contributed by atoms with van der Waals surface area (Å²) in [6.45, 7) is 1.95. The first-order chi connectivity index (χ1) is 7.86. The third kappa shape index (κ3) is 2.67. The maximum atomic E-state index is 4.29. The van der Waals surface area contributed by atoms with Gasteiger partial charge in [-0.25, -0.2) is 0 Å². The number of aromatic nitrogens is 1. The van der Waals surface area contributed by atoms with Crippen molar-refractivity contribution < 1.29 is 0 Å². The number of hydrazone groups is 1. The van der Waals surface area contributed by atoms with Crippen LogP contribution in [-0.2, 0) is 0 Å². The number of anilines is 1. The van der Waals surface area contributed by atoms with Gasteiger partial charge in [0.05, 0.1) is 11.4 Å². The number of hydrogen-bond acceptors (Lipinski definition) is 3. The quantitative estimate of drug-likeness (QED) is 0.626. The van der Waals surface area contributed by atoms with Gasteiger partial charge >= 0.3 is 0 Å². The minimum atomic E-state index is 0.914. The van der Waals surface area contributed by atoms with Crippen LogP contribution in [-0.4, -0.2) is 10.7 Å². The fourth-order valence-electron chi connectivity index (χ4n) is 1.30. The topological polar surface area (TPSA) is 37.3 Å². The van der Waals surface area contributed by atoms with Gasteiger partial charge in [0.25, 0.3) is 0 Å². The molecule has 0 radical (unpaired) electrons. The molecule has 2 aromatic rings. The van der Waals surface area contributed by atoms with E-state index < -0.39 is 0 Å². The van der Waals surface area contributed by atoms with Gasteiger partial charge in [-0.2, -0.15) is 5.10 Å². The lowest BCUT2D eigenvalue weighted by atomic mass is 10.2. The minimum Gasteiger partial charge on any atom is -0.278 e. The molecule has 0 spiro atoms. The molecule has 1 N–H and O–H groups in total. The number of nitrogens with one attached hydrogen (secondary N) is 1. The van der Waals surface area contributed by atoms with E-state index >= 15 is 0 Å². The Morgan fingerprint density at radius 2 is 1.94 bits per heavy atom. The highest BCUT2D eigenvalue weighted by atomic mass is 15.3. The smallest absolute Gasteiger partial charge is 0.0663 e. The summed E-state index contributed by atoms with van der Waals surface area (Å²) in [5.74, 6) is 0. The Balaban J connectivity index is 2.09. The predicted octanol–water partition coefficient (Wildman–Crippen LogP) is 2.92. The molecule has 0 fully saturated rings. The van der Waals surface area contributed by atoms with E-state index in [-0.39, 0.29) is 0 Å². The van der Waals surface area contributed by atoms with E-state index in [0.717, 1.165) is 17.0 Å². The fourth-order valence-corrected chi connectivity index (χ4v) is 1.30. The van der Waals surface area contributed by atoms with Crippen molar-refractivity contribution in [2.75, 3.05) is 5.43 Å². The third-order valence-corrected chi connectivity index (χ3v) is 2.21. The van der Waals surface area contributed by atoms with E-state index in [1.807, 2.05) is 49.4 Å². The monoisotopic (exact) mass is 211 g/mol.